The third kappa shape index (κ3) is 3.30. The van der Waals surface area contributed by atoms with E-state index in [1.165, 1.54) is 4.90 Å². The molecule has 5 nitrogen and oxygen atoms in total. The number of rotatable bonds is 4. The van der Waals surface area contributed by atoms with Gasteiger partial charge in [-0.25, -0.2) is 0 Å². The van der Waals surface area contributed by atoms with Crippen molar-refractivity contribution >= 4 is 11.8 Å². The first kappa shape index (κ1) is 16.1. The quantitative estimate of drug-likeness (QED) is 0.858. The summed E-state index contributed by atoms with van der Waals surface area (Å²) in [7, 11) is 0. The molecule has 1 spiro atoms. The van der Waals surface area contributed by atoms with Gasteiger partial charge in [-0.15, -0.1) is 13.2 Å². The van der Waals surface area contributed by atoms with Crippen LogP contribution in [0.4, 0.5) is 13.2 Å². The summed E-state index contributed by atoms with van der Waals surface area (Å²) in [6, 6.07) is -0.722. The molecule has 0 aromatic heterocycles. The average Bonchev–Trinajstić information content (AvgIpc) is 2.83. The molecule has 2 fully saturated rings. The maximum atomic E-state index is 12.6. The molecule has 0 aromatic carbocycles. The molecule has 1 atom stereocenters. The largest absolute Gasteiger partial charge is 0.522 e. The summed E-state index contributed by atoms with van der Waals surface area (Å²) in [6.07, 6.45) is -1.62. The van der Waals surface area contributed by atoms with Crippen LogP contribution in [-0.4, -0.2) is 47.8 Å². The average molecular weight is 308 g/mol. The highest BCUT2D eigenvalue weighted by Crippen LogP contribution is 2.35. The first-order chi connectivity index (χ1) is 9.79. The third-order valence-electron chi connectivity index (χ3n) is 4.15. The number of hydrogen-bond donors (Lipinski definition) is 1. The first-order valence-corrected chi connectivity index (χ1v) is 7.13. The highest BCUT2D eigenvalue weighted by Gasteiger charge is 2.51. The fraction of sp³-hybridized carbons (Fsp3) is 0.846. The number of halogens is 3. The number of piperazine rings is 1. The zero-order chi connectivity index (χ0) is 15.7. The van der Waals surface area contributed by atoms with E-state index in [1.807, 2.05) is 0 Å². The molecule has 21 heavy (non-hydrogen) atoms. The number of nitrogens with zero attached hydrogens (tertiary/aromatic N) is 1. The van der Waals surface area contributed by atoms with E-state index in [0.717, 1.165) is 12.8 Å². The van der Waals surface area contributed by atoms with Crippen LogP contribution in [0.3, 0.4) is 0 Å². The van der Waals surface area contributed by atoms with Crippen LogP contribution in [0.1, 0.15) is 39.0 Å². The molecule has 2 rings (SSSR count). The van der Waals surface area contributed by atoms with Crippen LogP contribution < -0.4 is 5.32 Å². The monoisotopic (exact) mass is 308 g/mol. The zero-order valence-electron chi connectivity index (χ0n) is 11.8. The van der Waals surface area contributed by atoms with Crippen LogP contribution in [0.2, 0.25) is 0 Å². The zero-order valence-corrected chi connectivity index (χ0v) is 11.8. The summed E-state index contributed by atoms with van der Waals surface area (Å²) in [5.41, 5.74) is -0.916. The SMILES string of the molecule is CCC1C(=O)NC2(CCCC2)C(=O)N1CCOC(F)(F)F. The van der Waals surface area contributed by atoms with Gasteiger partial charge in [0.25, 0.3) is 0 Å². The maximum Gasteiger partial charge on any atom is 0.522 e. The summed E-state index contributed by atoms with van der Waals surface area (Å²) in [5.74, 6) is -0.566. The summed E-state index contributed by atoms with van der Waals surface area (Å²) >= 11 is 0. The lowest BCUT2D eigenvalue weighted by atomic mass is 9.90. The Kier molecular flexibility index (Phi) is 4.46. The molecule has 2 aliphatic rings. The van der Waals surface area contributed by atoms with Gasteiger partial charge in [-0.05, 0) is 19.3 Å². The molecule has 120 valence electrons. The normalized spacial score (nSPS) is 25.5. The van der Waals surface area contributed by atoms with Crippen molar-refractivity contribution in [2.24, 2.45) is 0 Å². The fourth-order valence-corrected chi connectivity index (χ4v) is 3.17. The smallest absolute Gasteiger partial charge is 0.340 e. The second kappa shape index (κ2) is 5.82. The number of nitrogens with one attached hydrogen (secondary N) is 1. The molecular weight excluding hydrogens is 289 g/mol. The second-order valence-electron chi connectivity index (χ2n) is 5.50. The Morgan fingerprint density at radius 3 is 2.48 bits per heavy atom. The summed E-state index contributed by atoms with van der Waals surface area (Å²) in [5, 5.41) is 2.79. The van der Waals surface area contributed by atoms with Crippen LogP contribution >= 0.6 is 0 Å². The molecule has 1 N–H and O–H groups in total. The lowest BCUT2D eigenvalue weighted by molar-refractivity contribution is -0.325. The minimum absolute atomic E-state index is 0.230. The standard InChI is InChI=1S/C13H19F3N2O3/c1-2-9-10(19)17-12(5-3-4-6-12)11(20)18(9)7-8-21-13(14,15)16/h9H,2-8H2,1H3,(H,17,19). The lowest BCUT2D eigenvalue weighted by Crippen LogP contribution is -2.69. The summed E-state index contributed by atoms with van der Waals surface area (Å²) in [4.78, 5) is 26.0. The molecule has 1 saturated heterocycles. The van der Waals surface area contributed by atoms with Gasteiger partial charge in [0, 0.05) is 6.54 Å². The molecule has 1 unspecified atom stereocenters. The molecule has 1 heterocycles. The van der Waals surface area contributed by atoms with Gasteiger partial charge in [-0.1, -0.05) is 19.8 Å². The number of carbonyl (C=O) groups excluding carboxylic acids is 2. The van der Waals surface area contributed by atoms with Gasteiger partial charge in [-0.3, -0.25) is 14.3 Å². The van der Waals surface area contributed by atoms with Gasteiger partial charge >= 0.3 is 6.36 Å². The van der Waals surface area contributed by atoms with E-state index in [0.29, 0.717) is 19.3 Å². The van der Waals surface area contributed by atoms with Gasteiger partial charge in [0.1, 0.15) is 11.6 Å². The Morgan fingerprint density at radius 2 is 1.95 bits per heavy atom. The molecule has 1 aliphatic heterocycles. The molecular formula is C13H19F3N2O3. The van der Waals surface area contributed by atoms with Crippen molar-refractivity contribution in [1.82, 2.24) is 10.2 Å². The number of carbonyl (C=O) groups is 2. The Labute approximate surface area is 120 Å². The van der Waals surface area contributed by atoms with E-state index in [4.69, 9.17) is 0 Å². The molecule has 1 aliphatic carbocycles. The van der Waals surface area contributed by atoms with E-state index >= 15 is 0 Å². The second-order valence-corrected chi connectivity index (χ2v) is 5.50. The van der Waals surface area contributed by atoms with Crippen molar-refractivity contribution in [2.75, 3.05) is 13.2 Å². The van der Waals surface area contributed by atoms with Crippen LogP contribution in [0.25, 0.3) is 0 Å². The van der Waals surface area contributed by atoms with Gasteiger partial charge in [0.15, 0.2) is 0 Å². The fourth-order valence-electron chi connectivity index (χ4n) is 3.17. The van der Waals surface area contributed by atoms with E-state index in [1.54, 1.807) is 6.92 Å². The summed E-state index contributed by atoms with van der Waals surface area (Å²) in [6.45, 7) is 0.836. The number of hydrogen-bond acceptors (Lipinski definition) is 3. The van der Waals surface area contributed by atoms with Gasteiger partial charge in [0.05, 0.1) is 6.61 Å². The number of amides is 2. The Balaban J connectivity index is 2.10. The molecule has 0 radical (unpaired) electrons. The van der Waals surface area contributed by atoms with Gasteiger partial charge < -0.3 is 10.2 Å². The minimum atomic E-state index is -4.73. The maximum absolute atomic E-state index is 12.6. The van der Waals surface area contributed by atoms with Crippen molar-refractivity contribution in [3.8, 4) is 0 Å². The Bertz CT molecular complexity index is 419. The van der Waals surface area contributed by atoms with Crippen molar-refractivity contribution in [3.05, 3.63) is 0 Å². The van der Waals surface area contributed by atoms with Crippen molar-refractivity contribution in [2.45, 2.75) is 57.0 Å². The Morgan fingerprint density at radius 1 is 1.33 bits per heavy atom. The molecule has 0 bridgehead atoms. The van der Waals surface area contributed by atoms with Crippen LogP contribution in [0, 0.1) is 0 Å². The van der Waals surface area contributed by atoms with Crippen molar-refractivity contribution in [3.63, 3.8) is 0 Å². The van der Waals surface area contributed by atoms with Crippen molar-refractivity contribution in [1.29, 1.82) is 0 Å². The van der Waals surface area contributed by atoms with Crippen LogP contribution in [-0.2, 0) is 14.3 Å². The lowest BCUT2D eigenvalue weighted by Gasteiger charge is -2.44. The van der Waals surface area contributed by atoms with E-state index in [2.05, 4.69) is 10.1 Å². The van der Waals surface area contributed by atoms with Crippen LogP contribution in [0.5, 0.6) is 0 Å². The molecule has 8 heteroatoms. The van der Waals surface area contributed by atoms with Crippen LogP contribution in [0.15, 0.2) is 0 Å². The van der Waals surface area contributed by atoms with E-state index in [-0.39, 0.29) is 18.4 Å². The van der Waals surface area contributed by atoms with Gasteiger partial charge in [0.2, 0.25) is 11.8 Å². The first-order valence-electron chi connectivity index (χ1n) is 7.13. The Hall–Kier alpha value is -1.31. The third-order valence-corrected chi connectivity index (χ3v) is 4.15. The predicted molar refractivity (Wildman–Crippen MR) is 67.1 cm³/mol. The summed E-state index contributed by atoms with van der Waals surface area (Å²) < 4.78 is 39.9. The number of ether oxygens (including phenoxy) is 1. The predicted octanol–water partition coefficient (Wildman–Crippen LogP) is 1.57. The molecule has 0 aromatic rings. The topological polar surface area (TPSA) is 58.6 Å². The van der Waals surface area contributed by atoms with E-state index in [9.17, 15) is 22.8 Å². The van der Waals surface area contributed by atoms with E-state index < -0.39 is 24.6 Å². The highest BCUT2D eigenvalue weighted by molar-refractivity contribution is 6.00. The highest BCUT2D eigenvalue weighted by atomic mass is 19.4. The molecule has 2 amide bonds. The van der Waals surface area contributed by atoms with Crippen molar-refractivity contribution < 1.29 is 27.5 Å². The number of alkyl halides is 3. The molecule has 1 saturated carbocycles. The van der Waals surface area contributed by atoms with Gasteiger partial charge in [-0.2, -0.15) is 0 Å². The minimum Gasteiger partial charge on any atom is -0.340 e.